The van der Waals surface area contributed by atoms with Crippen molar-refractivity contribution in [2.45, 2.75) is 8.35 Å². The second-order valence-corrected chi connectivity index (χ2v) is 7.47. The molecule has 0 aliphatic carbocycles. The van der Waals surface area contributed by atoms with E-state index in [0.29, 0.717) is 1.93 Å². The minimum atomic E-state index is 0.706. The first-order valence-corrected chi connectivity index (χ1v) is 5.60. The van der Waals surface area contributed by atoms with Crippen LogP contribution in [-0.2, 0) is 6.42 Å². The Balaban J connectivity index is 2.59. The van der Waals surface area contributed by atoms with E-state index in [9.17, 15) is 0 Å². The molecule has 0 saturated heterocycles. The molecule has 0 aromatic heterocycles. The molecule has 0 bridgehead atoms. The summed E-state index contributed by atoms with van der Waals surface area (Å²) in [6, 6.07) is 10.6. The molecule has 1 aromatic carbocycles. The molecule has 0 atom stereocenters. The summed E-state index contributed by atoms with van der Waals surface area (Å²) in [6.45, 7) is 0. The third-order valence-electron chi connectivity index (χ3n) is 1.23. The van der Waals surface area contributed by atoms with E-state index in [1.807, 2.05) is 0 Å². The van der Waals surface area contributed by atoms with Crippen LogP contribution in [0, 0.1) is 0 Å². The minimum absolute atomic E-state index is 0.706. The monoisotopic (exact) mass is 358 g/mol. The molecule has 0 radical (unpaired) electrons. The Morgan fingerprint density at radius 2 is 1.70 bits per heavy atom. The van der Waals surface area contributed by atoms with Crippen LogP contribution >= 0.6 is 45.2 Å². The van der Waals surface area contributed by atoms with Crippen molar-refractivity contribution in [3.05, 3.63) is 35.9 Å². The van der Waals surface area contributed by atoms with Gasteiger partial charge in [0.25, 0.3) is 0 Å². The van der Waals surface area contributed by atoms with Crippen LogP contribution in [0.4, 0.5) is 0 Å². The molecule has 0 fully saturated rings. The smallest absolute Gasteiger partial charge is 0.0666 e. The van der Waals surface area contributed by atoms with Crippen molar-refractivity contribution < 1.29 is 0 Å². The van der Waals surface area contributed by atoms with Crippen LogP contribution in [0.25, 0.3) is 0 Å². The van der Waals surface area contributed by atoms with E-state index in [-0.39, 0.29) is 0 Å². The number of hydrogen-bond donors (Lipinski definition) is 0. The third kappa shape index (κ3) is 3.18. The number of hydrogen-bond acceptors (Lipinski definition) is 0. The van der Waals surface area contributed by atoms with E-state index < -0.39 is 0 Å². The highest BCUT2D eigenvalue weighted by Crippen LogP contribution is 2.15. The van der Waals surface area contributed by atoms with Crippen molar-refractivity contribution in [1.82, 2.24) is 0 Å². The van der Waals surface area contributed by atoms with E-state index >= 15 is 0 Å². The van der Waals surface area contributed by atoms with Gasteiger partial charge in [-0.3, -0.25) is 0 Å². The Hall–Kier alpha value is 0.680. The molecule has 0 unspecified atom stereocenters. The molecule has 0 N–H and O–H groups in total. The standard InChI is InChI=1S/C8H8I2/c9-8(10)6-7-4-2-1-3-5-7/h1-5,8H,6H2. The van der Waals surface area contributed by atoms with Gasteiger partial charge >= 0.3 is 0 Å². The van der Waals surface area contributed by atoms with E-state index in [1.165, 1.54) is 12.0 Å². The van der Waals surface area contributed by atoms with Gasteiger partial charge in [0.1, 0.15) is 0 Å². The maximum Gasteiger partial charge on any atom is 0.0666 e. The van der Waals surface area contributed by atoms with Gasteiger partial charge in [-0.05, 0) is 12.0 Å². The van der Waals surface area contributed by atoms with Gasteiger partial charge in [0.05, 0.1) is 1.93 Å². The highest BCUT2D eigenvalue weighted by Gasteiger charge is 1.97. The van der Waals surface area contributed by atoms with Gasteiger partial charge in [0, 0.05) is 0 Å². The highest BCUT2D eigenvalue weighted by atomic mass is 127. The molecule has 0 aliphatic heterocycles. The summed E-state index contributed by atoms with van der Waals surface area (Å²) in [4.78, 5) is 0. The Labute approximate surface area is 88.7 Å². The van der Waals surface area contributed by atoms with Crippen LogP contribution in [-0.4, -0.2) is 1.93 Å². The van der Waals surface area contributed by atoms with Crippen molar-refractivity contribution in [1.29, 1.82) is 0 Å². The quantitative estimate of drug-likeness (QED) is 0.562. The lowest BCUT2D eigenvalue weighted by Crippen LogP contribution is -1.90. The Morgan fingerprint density at radius 3 is 2.20 bits per heavy atom. The minimum Gasteiger partial charge on any atom is -0.0706 e. The van der Waals surface area contributed by atoms with Gasteiger partial charge in [0.2, 0.25) is 0 Å². The van der Waals surface area contributed by atoms with Crippen LogP contribution in [0.3, 0.4) is 0 Å². The molecule has 54 valence electrons. The predicted octanol–water partition coefficient (Wildman–Crippen LogP) is 3.43. The molecule has 0 amide bonds. The van der Waals surface area contributed by atoms with E-state index in [4.69, 9.17) is 0 Å². The van der Waals surface area contributed by atoms with Crippen molar-refractivity contribution >= 4 is 45.2 Å². The first-order chi connectivity index (χ1) is 4.79. The average Bonchev–Trinajstić information content (AvgIpc) is 1.88. The predicted molar refractivity (Wildman–Crippen MR) is 62.0 cm³/mol. The van der Waals surface area contributed by atoms with E-state index in [1.54, 1.807) is 0 Å². The normalized spacial score (nSPS) is 10.3. The van der Waals surface area contributed by atoms with Crippen molar-refractivity contribution in [2.24, 2.45) is 0 Å². The molecular weight excluding hydrogens is 350 g/mol. The summed E-state index contributed by atoms with van der Waals surface area (Å²) >= 11 is 4.87. The van der Waals surface area contributed by atoms with Crippen LogP contribution in [0.2, 0.25) is 0 Å². The van der Waals surface area contributed by atoms with Crippen LogP contribution in [0.5, 0.6) is 0 Å². The zero-order valence-electron chi connectivity index (χ0n) is 5.43. The maximum atomic E-state index is 2.43. The first kappa shape index (κ1) is 8.77. The lowest BCUT2D eigenvalue weighted by atomic mass is 10.2. The van der Waals surface area contributed by atoms with Crippen LogP contribution in [0.1, 0.15) is 5.56 Å². The number of alkyl halides is 2. The first-order valence-electron chi connectivity index (χ1n) is 3.11. The fraction of sp³-hybridized carbons (Fsp3) is 0.250. The molecule has 0 nitrogen and oxygen atoms in total. The molecule has 0 saturated carbocycles. The summed E-state index contributed by atoms with van der Waals surface area (Å²) in [6.07, 6.45) is 1.17. The fourth-order valence-corrected chi connectivity index (χ4v) is 1.81. The molecule has 2 heteroatoms. The number of halogens is 2. The van der Waals surface area contributed by atoms with Gasteiger partial charge in [-0.15, -0.1) is 0 Å². The summed E-state index contributed by atoms with van der Waals surface area (Å²) in [5.41, 5.74) is 1.43. The molecule has 1 aromatic rings. The molecule has 10 heavy (non-hydrogen) atoms. The van der Waals surface area contributed by atoms with Gasteiger partial charge < -0.3 is 0 Å². The second-order valence-electron chi connectivity index (χ2n) is 2.08. The van der Waals surface area contributed by atoms with Crippen molar-refractivity contribution in [3.8, 4) is 0 Å². The third-order valence-corrected chi connectivity index (χ3v) is 2.11. The molecular formula is C8H8I2. The van der Waals surface area contributed by atoms with Crippen molar-refractivity contribution in [2.75, 3.05) is 0 Å². The lowest BCUT2D eigenvalue weighted by molar-refractivity contribution is 1.16. The summed E-state index contributed by atoms with van der Waals surface area (Å²) in [5, 5.41) is 0. The molecule has 0 aliphatic rings. The number of benzene rings is 1. The lowest BCUT2D eigenvalue weighted by Gasteiger charge is -1.99. The Morgan fingerprint density at radius 1 is 1.10 bits per heavy atom. The summed E-state index contributed by atoms with van der Waals surface area (Å²) < 4.78 is 0.706. The maximum absolute atomic E-state index is 2.43. The molecule has 1 rings (SSSR count). The zero-order valence-corrected chi connectivity index (χ0v) is 9.74. The highest BCUT2D eigenvalue weighted by molar-refractivity contribution is 14.2. The zero-order chi connectivity index (χ0) is 7.40. The topological polar surface area (TPSA) is 0 Å². The SMILES string of the molecule is IC(I)Cc1ccccc1. The number of rotatable bonds is 2. The molecule has 0 spiro atoms. The Kier molecular flexibility index (Phi) is 3.98. The van der Waals surface area contributed by atoms with Gasteiger partial charge in [-0.1, -0.05) is 75.5 Å². The van der Waals surface area contributed by atoms with Crippen LogP contribution in [0.15, 0.2) is 30.3 Å². The van der Waals surface area contributed by atoms with Gasteiger partial charge in [0.15, 0.2) is 0 Å². The van der Waals surface area contributed by atoms with E-state index in [2.05, 4.69) is 75.5 Å². The van der Waals surface area contributed by atoms with E-state index in [0.717, 1.165) is 0 Å². The van der Waals surface area contributed by atoms with Gasteiger partial charge in [-0.2, -0.15) is 0 Å². The summed E-state index contributed by atoms with van der Waals surface area (Å²) in [7, 11) is 0. The summed E-state index contributed by atoms with van der Waals surface area (Å²) in [5.74, 6) is 0. The van der Waals surface area contributed by atoms with Gasteiger partial charge in [-0.25, -0.2) is 0 Å². The van der Waals surface area contributed by atoms with Crippen LogP contribution < -0.4 is 0 Å². The Bertz CT molecular complexity index is 182. The fourth-order valence-electron chi connectivity index (χ4n) is 0.792. The largest absolute Gasteiger partial charge is 0.0706 e. The molecule has 0 heterocycles. The average molecular weight is 358 g/mol. The van der Waals surface area contributed by atoms with Crippen molar-refractivity contribution in [3.63, 3.8) is 0 Å². The second kappa shape index (κ2) is 4.54.